The van der Waals surface area contributed by atoms with E-state index in [0.717, 1.165) is 12.1 Å². The molecule has 2 aromatic rings. The Morgan fingerprint density at radius 1 is 1.27 bits per heavy atom. The van der Waals surface area contributed by atoms with Crippen molar-refractivity contribution in [3.05, 3.63) is 41.1 Å². The molecule has 0 atom stereocenters. The molecule has 0 saturated heterocycles. The molecule has 15 heavy (non-hydrogen) atoms. The smallest absolute Gasteiger partial charge is 0.152 e. The molecule has 0 bridgehead atoms. The average molecular weight is 204 g/mol. The monoisotopic (exact) mass is 204 g/mol. The van der Waals surface area contributed by atoms with E-state index in [2.05, 4.69) is 4.98 Å². The first-order valence-corrected chi connectivity index (χ1v) is 4.28. The van der Waals surface area contributed by atoms with Gasteiger partial charge in [0.15, 0.2) is 5.82 Å². The van der Waals surface area contributed by atoms with Gasteiger partial charge in [0.2, 0.25) is 0 Å². The molecule has 1 aromatic carbocycles. The number of nitriles is 1. The van der Waals surface area contributed by atoms with Gasteiger partial charge in [0, 0.05) is 17.1 Å². The van der Waals surface area contributed by atoms with E-state index >= 15 is 0 Å². The van der Waals surface area contributed by atoms with Gasteiger partial charge in [-0.15, -0.1) is 0 Å². The van der Waals surface area contributed by atoms with E-state index in [4.69, 9.17) is 5.26 Å². The van der Waals surface area contributed by atoms with Gasteiger partial charge in [-0.2, -0.15) is 5.26 Å². The molecule has 74 valence electrons. The molecule has 1 heterocycles. The lowest BCUT2D eigenvalue weighted by molar-refractivity contribution is 0.590. The van der Waals surface area contributed by atoms with Gasteiger partial charge in [-0.05, 0) is 19.1 Å². The lowest BCUT2D eigenvalue weighted by Crippen LogP contribution is -1.92. The van der Waals surface area contributed by atoms with Crippen molar-refractivity contribution in [3.63, 3.8) is 0 Å². The highest BCUT2D eigenvalue weighted by Gasteiger charge is 2.09. The molecular weight excluding hydrogens is 198 g/mol. The lowest BCUT2D eigenvalue weighted by atomic mass is 10.1. The van der Waals surface area contributed by atoms with E-state index in [1.807, 2.05) is 6.07 Å². The minimum Gasteiger partial charge on any atom is -0.250 e. The number of aromatic nitrogens is 1. The fourth-order valence-electron chi connectivity index (χ4n) is 1.47. The van der Waals surface area contributed by atoms with Crippen LogP contribution in [0.25, 0.3) is 10.9 Å². The Balaban J connectivity index is 2.98. The molecule has 0 aliphatic rings. The summed E-state index contributed by atoms with van der Waals surface area (Å²) >= 11 is 0. The Kier molecular flexibility index (Phi) is 2.09. The van der Waals surface area contributed by atoms with Gasteiger partial charge in [-0.3, -0.25) is 0 Å². The predicted molar refractivity (Wildman–Crippen MR) is 51.1 cm³/mol. The second-order valence-electron chi connectivity index (χ2n) is 3.21. The van der Waals surface area contributed by atoms with Crippen LogP contribution in [0.15, 0.2) is 18.2 Å². The zero-order chi connectivity index (χ0) is 11.0. The average Bonchev–Trinajstić information content (AvgIpc) is 2.18. The predicted octanol–water partition coefficient (Wildman–Crippen LogP) is 2.69. The maximum absolute atomic E-state index is 13.3. The minimum absolute atomic E-state index is 0.0351. The standard InChI is InChI=1S/C11H6F2N2/c1-6-2-7(5-14)9-3-8(12)4-10(13)11(9)15-6/h2-4H,1H3. The van der Waals surface area contributed by atoms with Gasteiger partial charge in [-0.25, -0.2) is 13.8 Å². The molecule has 2 nitrogen and oxygen atoms in total. The van der Waals surface area contributed by atoms with Gasteiger partial charge < -0.3 is 0 Å². The highest BCUT2D eigenvalue weighted by atomic mass is 19.1. The summed E-state index contributed by atoms with van der Waals surface area (Å²) in [5, 5.41) is 9.03. The third kappa shape index (κ3) is 1.52. The number of halogens is 2. The normalized spacial score (nSPS) is 10.3. The first-order valence-electron chi connectivity index (χ1n) is 4.28. The van der Waals surface area contributed by atoms with E-state index in [1.54, 1.807) is 6.92 Å². The van der Waals surface area contributed by atoms with Gasteiger partial charge in [-0.1, -0.05) is 0 Å². The van der Waals surface area contributed by atoms with Crippen molar-refractivity contribution in [1.29, 1.82) is 5.26 Å². The first kappa shape index (κ1) is 9.53. The van der Waals surface area contributed by atoms with Crippen molar-refractivity contribution in [2.75, 3.05) is 0 Å². The van der Waals surface area contributed by atoms with E-state index in [-0.39, 0.29) is 16.5 Å². The molecular formula is C11H6F2N2. The summed E-state index contributed by atoms with van der Waals surface area (Å²) in [4.78, 5) is 3.93. The summed E-state index contributed by atoms with van der Waals surface area (Å²) in [6.07, 6.45) is 0. The van der Waals surface area contributed by atoms with E-state index < -0.39 is 11.6 Å². The molecule has 0 saturated carbocycles. The number of aryl methyl sites for hydroxylation is 1. The quantitative estimate of drug-likeness (QED) is 0.661. The summed E-state index contributed by atoms with van der Waals surface area (Å²) in [6.45, 7) is 1.66. The molecule has 2 rings (SSSR count). The van der Waals surface area contributed by atoms with Crippen LogP contribution in [0.1, 0.15) is 11.3 Å². The Bertz CT molecular complexity index is 585. The van der Waals surface area contributed by atoms with E-state index in [1.165, 1.54) is 6.07 Å². The van der Waals surface area contributed by atoms with Crippen LogP contribution in [0, 0.1) is 29.9 Å². The summed E-state index contributed by atoms with van der Waals surface area (Å²) in [7, 11) is 0. The van der Waals surface area contributed by atoms with Crippen LogP contribution in [-0.2, 0) is 0 Å². The van der Waals surface area contributed by atoms with Gasteiger partial charge >= 0.3 is 0 Å². The molecule has 0 N–H and O–H groups in total. The number of fused-ring (bicyclic) bond motifs is 1. The molecule has 1 aromatic heterocycles. The van der Waals surface area contributed by atoms with Crippen LogP contribution < -0.4 is 0 Å². The van der Waals surface area contributed by atoms with Crippen LogP contribution in [0.5, 0.6) is 0 Å². The molecule has 0 radical (unpaired) electrons. The maximum Gasteiger partial charge on any atom is 0.152 e. The third-order valence-electron chi connectivity index (χ3n) is 2.08. The molecule has 0 aliphatic heterocycles. The summed E-state index contributed by atoms with van der Waals surface area (Å²) in [6, 6.07) is 5.27. The van der Waals surface area contributed by atoms with Crippen molar-refractivity contribution in [2.45, 2.75) is 6.92 Å². The SMILES string of the molecule is Cc1cc(C#N)c2cc(F)cc(F)c2n1. The van der Waals surface area contributed by atoms with Crippen LogP contribution in [-0.4, -0.2) is 4.98 Å². The number of hydrogen-bond donors (Lipinski definition) is 0. The van der Waals surface area contributed by atoms with E-state index in [0.29, 0.717) is 5.69 Å². The fraction of sp³-hybridized carbons (Fsp3) is 0.0909. The summed E-state index contributed by atoms with van der Waals surface area (Å²) in [5.41, 5.74) is 0.799. The zero-order valence-corrected chi connectivity index (χ0v) is 7.88. The molecule has 4 heteroatoms. The van der Waals surface area contributed by atoms with Gasteiger partial charge in [0.05, 0.1) is 11.6 Å². The second-order valence-corrected chi connectivity index (χ2v) is 3.21. The van der Waals surface area contributed by atoms with Crippen LogP contribution >= 0.6 is 0 Å². The maximum atomic E-state index is 13.3. The Morgan fingerprint density at radius 2 is 2.00 bits per heavy atom. The van der Waals surface area contributed by atoms with Crippen molar-refractivity contribution < 1.29 is 8.78 Å². The largest absolute Gasteiger partial charge is 0.250 e. The molecule has 0 unspecified atom stereocenters. The van der Waals surface area contributed by atoms with Gasteiger partial charge in [0.25, 0.3) is 0 Å². The zero-order valence-electron chi connectivity index (χ0n) is 7.88. The first-order chi connectivity index (χ1) is 7.11. The molecule has 0 fully saturated rings. The number of hydrogen-bond acceptors (Lipinski definition) is 2. The Morgan fingerprint density at radius 3 is 2.67 bits per heavy atom. The highest BCUT2D eigenvalue weighted by Crippen LogP contribution is 2.21. The van der Waals surface area contributed by atoms with Crippen LogP contribution in [0.3, 0.4) is 0 Å². The number of nitrogens with zero attached hydrogens (tertiary/aromatic N) is 2. The Hall–Kier alpha value is -2.02. The van der Waals surface area contributed by atoms with Crippen LogP contribution in [0.2, 0.25) is 0 Å². The van der Waals surface area contributed by atoms with E-state index in [9.17, 15) is 8.78 Å². The Labute approximate surface area is 84.8 Å². The topological polar surface area (TPSA) is 36.7 Å². The number of pyridine rings is 1. The fourth-order valence-corrected chi connectivity index (χ4v) is 1.47. The third-order valence-corrected chi connectivity index (χ3v) is 2.08. The second kappa shape index (κ2) is 3.28. The van der Waals surface area contributed by atoms with Gasteiger partial charge in [0.1, 0.15) is 11.3 Å². The number of rotatable bonds is 0. The summed E-state index contributed by atoms with van der Waals surface area (Å²) < 4.78 is 26.3. The lowest BCUT2D eigenvalue weighted by Gasteiger charge is -2.02. The highest BCUT2D eigenvalue weighted by molar-refractivity contribution is 5.85. The molecule has 0 amide bonds. The molecule has 0 aliphatic carbocycles. The van der Waals surface area contributed by atoms with Crippen LogP contribution in [0.4, 0.5) is 8.78 Å². The minimum atomic E-state index is -0.745. The van der Waals surface area contributed by atoms with Crippen molar-refractivity contribution >= 4 is 10.9 Å². The van der Waals surface area contributed by atoms with Crippen molar-refractivity contribution in [1.82, 2.24) is 4.98 Å². The number of benzene rings is 1. The van der Waals surface area contributed by atoms with Crippen molar-refractivity contribution in [2.24, 2.45) is 0 Å². The van der Waals surface area contributed by atoms with Crippen molar-refractivity contribution in [3.8, 4) is 6.07 Å². The molecule has 0 spiro atoms. The summed E-state index contributed by atoms with van der Waals surface area (Å²) in [5.74, 6) is -1.45.